The fourth-order valence-corrected chi connectivity index (χ4v) is 3.22. The number of hydrogen-bond acceptors (Lipinski definition) is 1. The SMILES string of the molecule is CC1CCC(C(C)C)C(NC(=O)c2ccc(F)cc2)C1. The molecule has 0 heterocycles. The number of amides is 1. The summed E-state index contributed by atoms with van der Waals surface area (Å²) in [6.45, 7) is 6.68. The zero-order valence-corrected chi connectivity index (χ0v) is 12.5. The van der Waals surface area contributed by atoms with Crippen molar-refractivity contribution in [3.05, 3.63) is 35.6 Å². The highest BCUT2D eigenvalue weighted by Crippen LogP contribution is 2.33. The van der Waals surface area contributed by atoms with Crippen molar-refractivity contribution in [2.24, 2.45) is 17.8 Å². The second-order valence-corrected chi connectivity index (χ2v) is 6.41. The molecule has 1 N–H and O–H groups in total. The highest BCUT2D eigenvalue weighted by atomic mass is 19.1. The molecule has 1 aromatic rings. The Morgan fingerprint density at radius 1 is 1.25 bits per heavy atom. The molecular weight excluding hydrogens is 253 g/mol. The zero-order chi connectivity index (χ0) is 14.7. The Hall–Kier alpha value is -1.38. The van der Waals surface area contributed by atoms with E-state index in [0.717, 1.165) is 6.42 Å². The van der Waals surface area contributed by atoms with Crippen LogP contribution in [-0.2, 0) is 0 Å². The van der Waals surface area contributed by atoms with Gasteiger partial charge in [-0.1, -0.05) is 27.2 Å². The van der Waals surface area contributed by atoms with Gasteiger partial charge in [0.05, 0.1) is 0 Å². The van der Waals surface area contributed by atoms with Gasteiger partial charge in [0.25, 0.3) is 5.91 Å². The number of halogens is 1. The van der Waals surface area contributed by atoms with Crippen LogP contribution in [0.1, 0.15) is 50.4 Å². The lowest BCUT2D eigenvalue weighted by atomic mass is 9.74. The van der Waals surface area contributed by atoms with Crippen molar-refractivity contribution < 1.29 is 9.18 Å². The van der Waals surface area contributed by atoms with E-state index in [-0.39, 0.29) is 17.8 Å². The van der Waals surface area contributed by atoms with Crippen LogP contribution in [-0.4, -0.2) is 11.9 Å². The van der Waals surface area contributed by atoms with Crippen molar-refractivity contribution in [3.8, 4) is 0 Å². The summed E-state index contributed by atoms with van der Waals surface area (Å²) in [5.41, 5.74) is 0.534. The van der Waals surface area contributed by atoms with Gasteiger partial charge in [-0.3, -0.25) is 4.79 Å². The fourth-order valence-electron chi connectivity index (χ4n) is 3.22. The van der Waals surface area contributed by atoms with Crippen LogP contribution in [0.3, 0.4) is 0 Å². The van der Waals surface area contributed by atoms with Gasteiger partial charge in [0, 0.05) is 11.6 Å². The first-order valence-electron chi connectivity index (χ1n) is 7.53. The number of nitrogens with one attached hydrogen (secondary N) is 1. The van der Waals surface area contributed by atoms with Crippen molar-refractivity contribution in [2.75, 3.05) is 0 Å². The van der Waals surface area contributed by atoms with Gasteiger partial charge in [0.15, 0.2) is 0 Å². The van der Waals surface area contributed by atoms with Gasteiger partial charge in [-0.2, -0.15) is 0 Å². The molecule has 2 rings (SSSR count). The summed E-state index contributed by atoms with van der Waals surface area (Å²) in [5, 5.41) is 3.16. The van der Waals surface area contributed by atoms with Crippen LogP contribution in [0.15, 0.2) is 24.3 Å². The second-order valence-electron chi connectivity index (χ2n) is 6.41. The van der Waals surface area contributed by atoms with Gasteiger partial charge in [-0.05, 0) is 54.9 Å². The molecule has 1 aromatic carbocycles. The predicted molar refractivity (Wildman–Crippen MR) is 79.0 cm³/mol. The monoisotopic (exact) mass is 277 g/mol. The third-order valence-electron chi connectivity index (χ3n) is 4.45. The van der Waals surface area contributed by atoms with Crippen molar-refractivity contribution in [1.29, 1.82) is 0 Å². The molecule has 1 fully saturated rings. The van der Waals surface area contributed by atoms with Gasteiger partial charge in [-0.15, -0.1) is 0 Å². The third kappa shape index (κ3) is 3.59. The summed E-state index contributed by atoms with van der Waals surface area (Å²) in [6, 6.07) is 5.98. The molecule has 110 valence electrons. The Morgan fingerprint density at radius 3 is 2.50 bits per heavy atom. The average molecular weight is 277 g/mol. The zero-order valence-electron chi connectivity index (χ0n) is 12.5. The van der Waals surface area contributed by atoms with Crippen LogP contribution < -0.4 is 5.32 Å². The molecule has 0 bridgehead atoms. The number of carbonyl (C=O) groups excluding carboxylic acids is 1. The molecule has 2 nitrogen and oxygen atoms in total. The molecule has 1 saturated carbocycles. The van der Waals surface area contributed by atoms with Gasteiger partial charge in [0.1, 0.15) is 5.82 Å². The van der Waals surface area contributed by atoms with Crippen molar-refractivity contribution in [3.63, 3.8) is 0 Å². The summed E-state index contributed by atoms with van der Waals surface area (Å²) in [5.74, 6) is 1.36. The molecule has 0 spiro atoms. The van der Waals surface area contributed by atoms with E-state index in [4.69, 9.17) is 0 Å². The predicted octanol–water partition coefficient (Wildman–Crippen LogP) is 4.02. The van der Waals surface area contributed by atoms with Gasteiger partial charge in [-0.25, -0.2) is 4.39 Å². The second kappa shape index (κ2) is 6.38. The van der Waals surface area contributed by atoms with E-state index >= 15 is 0 Å². The molecule has 3 unspecified atom stereocenters. The van der Waals surface area contributed by atoms with Crippen LogP contribution in [0, 0.1) is 23.6 Å². The Balaban J connectivity index is 2.05. The lowest BCUT2D eigenvalue weighted by Crippen LogP contribution is -2.45. The highest BCUT2D eigenvalue weighted by Gasteiger charge is 2.31. The Labute approximate surface area is 120 Å². The van der Waals surface area contributed by atoms with Crippen molar-refractivity contribution >= 4 is 5.91 Å². The minimum absolute atomic E-state index is 0.0882. The normalized spacial score (nSPS) is 26.6. The summed E-state index contributed by atoms with van der Waals surface area (Å²) < 4.78 is 12.9. The molecule has 0 aliphatic heterocycles. The van der Waals surface area contributed by atoms with E-state index in [1.54, 1.807) is 12.1 Å². The lowest BCUT2D eigenvalue weighted by molar-refractivity contribution is 0.0868. The molecule has 1 aliphatic carbocycles. The van der Waals surface area contributed by atoms with Gasteiger partial charge >= 0.3 is 0 Å². The van der Waals surface area contributed by atoms with E-state index < -0.39 is 0 Å². The van der Waals surface area contributed by atoms with E-state index in [0.29, 0.717) is 23.3 Å². The Morgan fingerprint density at radius 2 is 1.90 bits per heavy atom. The topological polar surface area (TPSA) is 29.1 Å². The van der Waals surface area contributed by atoms with E-state index in [9.17, 15) is 9.18 Å². The first-order valence-corrected chi connectivity index (χ1v) is 7.53. The summed E-state index contributed by atoms with van der Waals surface area (Å²) >= 11 is 0. The first-order chi connectivity index (χ1) is 9.47. The smallest absolute Gasteiger partial charge is 0.251 e. The number of rotatable bonds is 3. The lowest BCUT2D eigenvalue weighted by Gasteiger charge is -2.37. The maximum Gasteiger partial charge on any atom is 0.251 e. The number of carbonyl (C=O) groups is 1. The molecule has 0 aromatic heterocycles. The van der Waals surface area contributed by atoms with E-state index in [1.165, 1.54) is 25.0 Å². The molecule has 1 aliphatic rings. The molecule has 3 atom stereocenters. The Bertz CT molecular complexity index is 455. The summed E-state index contributed by atoms with van der Waals surface area (Å²) in [6.07, 6.45) is 3.45. The minimum atomic E-state index is -0.312. The summed E-state index contributed by atoms with van der Waals surface area (Å²) in [7, 11) is 0. The molecular formula is C17H24FNO. The quantitative estimate of drug-likeness (QED) is 0.888. The molecule has 0 saturated heterocycles. The maximum absolute atomic E-state index is 12.9. The van der Waals surface area contributed by atoms with Crippen LogP contribution in [0.25, 0.3) is 0 Å². The number of hydrogen-bond donors (Lipinski definition) is 1. The van der Waals surface area contributed by atoms with Crippen molar-refractivity contribution in [2.45, 2.75) is 46.1 Å². The van der Waals surface area contributed by atoms with E-state index in [2.05, 4.69) is 26.1 Å². The number of benzene rings is 1. The molecule has 20 heavy (non-hydrogen) atoms. The largest absolute Gasteiger partial charge is 0.349 e. The molecule has 3 heteroatoms. The average Bonchev–Trinajstić information content (AvgIpc) is 2.39. The minimum Gasteiger partial charge on any atom is -0.349 e. The standard InChI is InChI=1S/C17H24FNO/c1-11(2)15-9-4-12(3)10-16(15)19-17(20)13-5-7-14(18)8-6-13/h5-8,11-12,15-16H,4,9-10H2,1-3H3,(H,19,20). The van der Waals surface area contributed by atoms with Crippen molar-refractivity contribution in [1.82, 2.24) is 5.32 Å². The van der Waals surface area contributed by atoms with E-state index in [1.807, 2.05) is 0 Å². The van der Waals surface area contributed by atoms with Gasteiger partial charge < -0.3 is 5.32 Å². The molecule has 0 radical (unpaired) electrons. The van der Waals surface area contributed by atoms with Crippen LogP contribution in [0.5, 0.6) is 0 Å². The highest BCUT2D eigenvalue weighted by molar-refractivity contribution is 5.94. The van der Waals surface area contributed by atoms with Gasteiger partial charge in [0.2, 0.25) is 0 Å². The van der Waals surface area contributed by atoms with Crippen LogP contribution >= 0.6 is 0 Å². The van der Waals surface area contributed by atoms with Crippen LogP contribution in [0.2, 0.25) is 0 Å². The van der Waals surface area contributed by atoms with Crippen LogP contribution in [0.4, 0.5) is 4.39 Å². The Kier molecular flexibility index (Phi) is 4.79. The fraction of sp³-hybridized carbons (Fsp3) is 0.588. The maximum atomic E-state index is 12.9. The first kappa shape index (κ1) is 15.0. The summed E-state index contributed by atoms with van der Waals surface area (Å²) in [4.78, 5) is 12.3. The molecule has 1 amide bonds. The third-order valence-corrected chi connectivity index (χ3v) is 4.45.